The average molecular weight is 483 g/mol. The predicted octanol–water partition coefficient (Wildman–Crippen LogP) is 5.13. The predicted molar refractivity (Wildman–Crippen MR) is 132 cm³/mol. The molecule has 0 radical (unpaired) electrons. The smallest absolute Gasteiger partial charge is 0.333 e. The van der Waals surface area contributed by atoms with Crippen molar-refractivity contribution in [3.63, 3.8) is 0 Å². The van der Waals surface area contributed by atoms with Gasteiger partial charge < -0.3 is 18.6 Å². The van der Waals surface area contributed by atoms with Crippen LogP contribution in [0.15, 0.2) is 36.5 Å². The van der Waals surface area contributed by atoms with Gasteiger partial charge >= 0.3 is 17.9 Å². The van der Waals surface area contributed by atoms with Gasteiger partial charge in [-0.15, -0.1) is 0 Å². The summed E-state index contributed by atoms with van der Waals surface area (Å²) >= 11 is 0. The van der Waals surface area contributed by atoms with Gasteiger partial charge in [0.2, 0.25) is 0 Å². The molecule has 0 unspecified atom stereocenters. The first-order chi connectivity index (χ1) is 15.4. The molecule has 0 aliphatic heterocycles. The molecule has 0 spiro atoms. The van der Waals surface area contributed by atoms with Gasteiger partial charge in [0.1, 0.15) is 0 Å². The summed E-state index contributed by atoms with van der Waals surface area (Å²) in [4.78, 5) is 35.1. The highest BCUT2D eigenvalue weighted by Crippen LogP contribution is 2.29. The molecule has 0 rings (SSSR count). The van der Waals surface area contributed by atoms with E-state index in [2.05, 4.69) is 33.6 Å². The molecule has 188 valence electrons. The van der Waals surface area contributed by atoms with E-state index in [4.69, 9.17) is 18.6 Å². The Bertz CT molecular complexity index is 613. The summed E-state index contributed by atoms with van der Waals surface area (Å²) in [6, 6.07) is 2.35. The zero-order valence-electron chi connectivity index (χ0n) is 21.1. The van der Waals surface area contributed by atoms with Crippen LogP contribution in [0, 0.1) is 5.92 Å². The molecule has 33 heavy (non-hydrogen) atoms. The summed E-state index contributed by atoms with van der Waals surface area (Å²) in [5.41, 5.74) is 1.11. The van der Waals surface area contributed by atoms with Crippen molar-refractivity contribution in [2.24, 2.45) is 5.92 Å². The van der Waals surface area contributed by atoms with Gasteiger partial charge in [0.05, 0.1) is 19.8 Å². The van der Waals surface area contributed by atoms with Gasteiger partial charge in [-0.25, -0.2) is 14.4 Å². The molecule has 0 saturated heterocycles. The lowest BCUT2D eigenvalue weighted by molar-refractivity contribution is -0.139. The second-order valence-corrected chi connectivity index (χ2v) is 13.1. The lowest BCUT2D eigenvalue weighted by Gasteiger charge is -2.33. The topological polar surface area (TPSA) is 88.1 Å². The number of carbonyl (C=O) groups excluding carboxylic acids is 3. The highest BCUT2D eigenvalue weighted by molar-refractivity contribution is 6.73. The summed E-state index contributed by atoms with van der Waals surface area (Å²) in [6.45, 7) is 21.3. The Balaban J connectivity index is 5.15. The second-order valence-electron chi connectivity index (χ2n) is 8.95. The van der Waals surface area contributed by atoms with Crippen molar-refractivity contribution in [1.29, 1.82) is 0 Å². The van der Waals surface area contributed by atoms with Crippen LogP contribution in [0.1, 0.15) is 53.9 Å². The minimum absolute atomic E-state index is 0.292. The fourth-order valence-electron chi connectivity index (χ4n) is 2.98. The third-order valence-corrected chi connectivity index (χ3v) is 9.37. The molecule has 0 amide bonds. The lowest BCUT2D eigenvalue weighted by atomic mass is 10.2. The van der Waals surface area contributed by atoms with E-state index < -0.39 is 26.2 Å². The maximum absolute atomic E-state index is 11.7. The van der Waals surface area contributed by atoms with Gasteiger partial charge in [-0.05, 0) is 64.1 Å². The van der Waals surface area contributed by atoms with Crippen LogP contribution < -0.4 is 0 Å². The largest absolute Gasteiger partial charge is 0.462 e. The summed E-state index contributed by atoms with van der Waals surface area (Å²) in [7, 11) is -2.30. The highest BCUT2D eigenvalue weighted by atomic mass is 28.4. The Morgan fingerprint density at radius 1 is 0.667 bits per heavy atom. The van der Waals surface area contributed by atoms with Gasteiger partial charge in [-0.1, -0.05) is 33.6 Å². The van der Waals surface area contributed by atoms with Crippen molar-refractivity contribution in [2.45, 2.75) is 72.0 Å². The van der Waals surface area contributed by atoms with E-state index in [0.717, 1.165) is 18.1 Å². The van der Waals surface area contributed by atoms with Gasteiger partial charge in [-0.3, -0.25) is 0 Å². The maximum Gasteiger partial charge on any atom is 0.333 e. The van der Waals surface area contributed by atoms with Gasteiger partial charge in [-0.2, -0.15) is 0 Å². The zero-order chi connectivity index (χ0) is 25.4. The van der Waals surface area contributed by atoms with E-state index in [1.807, 2.05) is 0 Å². The molecule has 0 aliphatic carbocycles. The van der Waals surface area contributed by atoms with E-state index >= 15 is 0 Å². The molecular weight excluding hydrogens is 440 g/mol. The number of esters is 3. The number of ether oxygens (including phenoxy) is 3. The van der Waals surface area contributed by atoms with Gasteiger partial charge in [0.15, 0.2) is 8.32 Å². The van der Waals surface area contributed by atoms with E-state index in [1.165, 1.54) is 0 Å². The van der Waals surface area contributed by atoms with Crippen LogP contribution in [0.5, 0.6) is 0 Å². The Labute approximate surface area is 200 Å². The maximum atomic E-state index is 11.7. The Morgan fingerprint density at radius 3 is 1.21 bits per heavy atom. The van der Waals surface area contributed by atoms with Crippen LogP contribution in [0.25, 0.3) is 0 Å². The lowest BCUT2D eigenvalue weighted by Crippen LogP contribution is -2.40. The molecule has 0 heterocycles. The number of hydrogen-bond donors (Lipinski definition) is 0. The van der Waals surface area contributed by atoms with Gasteiger partial charge in [0, 0.05) is 23.3 Å². The van der Waals surface area contributed by atoms with Crippen molar-refractivity contribution in [2.75, 3.05) is 26.4 Å². The van der Waals surface area contributed by atoms with Crippen LogP contribution in [0.4, 0.5) is 0 Å². The molecule has 0 aromatic heterocycles. The number of hydrogen-bond acceptors (Lipinski definition) is 7. The molecule has 8 heteroatoms. The molecular formula is C25H42O7Si. The molecule has 0 aliphatic rings. The van der Waals surface area contributed by atoms with Crippen LogP contribution in [-0.4, -0.2) is 52.7 Å². The van der Waals surface area contributed by atoms with Crippen molar-refractivity contribution in [3.8, 4) is 0 Å². The van der Waals surface area contributed by atoms with Crippen LogP contribution in [0.3, 0.4) is 0 Å². The third-order valence-electron chi connectivity index (χ3n) is 4.80. The fourth-order valence-corrected chi connectivity index (χ4v) is 7.22. The Kier molecular flexibility index (Phi) is 15.3. The first-order valence-corrected chi connectivity index (χ1v) is 14.0. The summed E-state index contributed by atoms with van der Waals surface area (Å²) in [6.07, 6.45) is 2.00. The van der Waals surface area contributed by atoms with Crippen molar-refractivity contribution in [1.82, 2.24) is 0 Å². The Hall–Kier alpha value is -2.19. The molecule has 0 aromatic carbocycles. The monoisotopic (exact) mass is 482 g/mol. The minimum atomic E-state index is -2.30. The molecule has 0 fully saturated rings. The molecule has 0 saturated carbocycles. The van der Waals surface area contributed by atoms with Crippen molar-refractivity contribution < 1.29 is 33.0 Å². The molecule has 0 aromatic rings. The third kappa shape index (κ3) is 14.5. The van der Waals surface area contributed by atoms with E-state index in [-0.39, 0.29) is 0 Å². The van der Waals surface area contributed by atoms with E-state index in [0.29, 0.717) is 68.3 Å². The number of carbonyl (C=O) groups is 3. The first kappa shape index (κ1) is 30.8. The SMILES string of the molecule is C=C(C)C(=O)OCCC[Si](CCCOC(=O)C(=C)C)(CCCOC(=O)C(=C)C)OCC(C)C. The number of rotatable bonds is 18. The minimum Gasteiger partial charge on any atom is -0.462 e. The summed E-state index contributed by atoms with van der Waals surface area (Å²) in [5, 5.41) is 0. The van der Waals surface area contributed by atoms with Gasteiger partial charge in [0.25, 0.3) is 0 Å². The molecule has 7 nitrogen and oxygen atoms in total. The highest BCUT2D eigenvalue weighted by Gasteiger charge is 2.34. The standard InChI is InChI=1S/C25H42O7Si/c1-19(2)18-32-33(15-9-12-29-23(26)20(3)4,16-10-13-30-24(27)21(5)6)17-11-14-31-25(28)22(7)8/h19H,3,5,7,9-18H2,1-2,4,6,8H3. The van der Waals surface area contributed by atoms with Crippen LogP contribution in [-0.2, 0) is 33.0 Å². The van der Waals surface area contributed by atoms with Crippen LogP contribution in [0.2, 0.25) is 18.1 Å². The summed E-state index contributed by atoms with van der Waals surface area (Å²) in [5.74, 6) is -0.836. The second kappa shape index (κ2) is 16.4. The Morgan fingerprint density at radius 2 is 0.970 bits per heavy atom. The van der Waals surface area contributed by atoms with E-state index in [9.17, 15) is 14.4 Å². The van der Waals surface area contributed by atoms with E-state index in [1.54, 1.807) is 20.8 Å². The average Bonchev–Trinajstić information content (AvgIpc) is 2.74. The van der Waals surface area contributed by atoms with Crippen molar-refractivity contribution >= 4 is 26.2 Å². The normalized spacial score (nSPS) is 11.1. The van der Waals surface area contributed by atoms with Crippen molar-refractivity contribution in [3.05, 3.63) is 36.5 Å². The zero-order valence-corrected chi connectivity index (χ0v) is 22.1. The first-order valence-electron chi connectivity index (χ1n) is 11.5. The molecule has 0 N–H and O–H groups in total. The quantitative estimate of drug-likeness (QED) is 0.0879. The summed E-state index contributed by atoms with van der Waals surface area (Å²) < 4.78 is 22.3. The van der Waals surface area contributed by atoms with Crippen LogP contribution >= 0.6 is 0 Å². The molecule has 0 atom stereocenters. The molecule has 0 bridgehead atoms. The fraction of sp³-hybridized carbons (Fsp3) is 0.640.